The SMILES string of the molecule is O=C(O)CN1C(=O)N/C(=C/c2cc(Cl)c(O)c(Cl)c2)C1=O. The van der Waals surface area contributed by atoms with Gasteiger partial charge in [0.05, 0.1) is 10.0 Å². The Labute approximate surface area is 128 Å². The van der Waals surface area contributed by atoms with Gasteiger partial charge >= 0.3 is 12.0 Å². The van der Waals surface area contributed by atoms with E-state index in [1.54, 1.807) is 0 Å². The number of urea groups is 1. The van der Waals surface area contributed by atoms with Crippen LogP contribution in [0.15, 0.2) is 17.8 Å². The lowest BCUT2D eigenvalue weighted by Crippen LogP contribution is -2.35. The minimum atomic E-state index is -1.31. The van der Waals surface area contributed by atoms with Crippen LogP contribution >= 0.6 is 23.2 Å². The minimum absolute atomic E-state index is 0.0199. The first-order valence-corrected chi connectivity index (χ1v) is 6.29. The molecule has 0 aromatic heterocycles. The molecule has 3 N–H and O–H groups in total. The molecule has 21 heavy (non-hydrogen) atoms. The van der Waals surface area contributed by atoms with Crippen LogP contribution in [0.25, 0.3) is 6.08 Å². The number of carboxylic acids is 1. The normalized spacial score (nSPS) is 16.5. The topological polar surface area (TPSA) is 107 Å². The summed E-state index contributed by atoms with van der Waals surface area (Å²) in [6, 6.07) is 1.86. The molecule has 3 amide bonds. The molecular weight excluding hydrogens is 323 g/mol. The van der Waals surface area contributed by atoms with E-state index >= 15 is 0 Å². The highest BCUT2D eigenvalue weighted by Gasteiger charge is 2.34. The Morgan fingerprint density at radius 1 is 1.29 bits per heavy atom. The number of imide groups is 1. The van der Waals surface area contributed by atoms with Gasteiger partial charge in [0.25, 0.3) is 5.91 Å². The summed E-state index contributed by atoms with van der Waals surface area (Å²) in [5.74, 6) is -2.38. The Kier molecular flexibility index (Phi) is 4.06. The van der Waals surface area contributed by atoms with E-state index < -0.39 is 24.5 Å². The zero-order valence-corrected chi connectivity index (χ0v) is 11.8. The van der Waals surface area contributed by atoms with Crippen LogP contribution in [0.5, 0.6) is 5.75 Å². The number of carbonyl (C=O) groups is 3. The van der Waals surface area contributed by atoms with Gasteiger partial charge in [-0.05, 0) is 23.8 Å². The van der Waals surface area contributed by atoms with Crippen molar-refractivity contribution in [3.8, 4) is 5.75 Å². The summed E-state index contributed by atoms with van der Waals surface area (Å²) in [5, 5.41) is 20.3. The molecule has 1 saturated heterocycles. The number of carboxylic acid groups (broad SMARTS) is 1. The quantitative estimate of drug-likeness (QED) is 0.577. The van der Waals surface area contributed by atoms with Crippen LogP contribution < -0.4 is 5.32 Å². The summed E-state index contributed by atoms with van der Waals surface area (Å²) >= 11 is 11.5. The molecule has 0 aliphatic carbocycles. The maximum atomic E-state index is 11.9. The fourth-order valence-corrected chi connectivity index (χ4v) is 2.19. The lowest BCUT2D eigenvalue weighted by Gasteiger charge is -2.07. The fraction of sp³-hybridized carbons (Fsp3) is 0.0833. The van der Waals surface area contributed by atoms with Gasteiger partial charge in [-0.2, -0.15) is 0 Å². The van der Waals surface area contributed by atoms with Crippen molar-refractivity contribution in [1.29, 1.82) is 0 Å². The average Bonchev–Trinajstić information content (AvgIpc) is 2.63. The molecule has 2 rings (SSSR count). The summed E-state index contributed by atoms with van der Waals surface area (Å²) in [7, 11) is 0. The number of phenolic OH excluding ortho intramolecular Hbond substituents is 1. The Balaban J connectivity index is 2.33. The average molecular weight is 331 g/mol. The summed E-state index contributed by atoms with van der Waals surface area (Å²) in [6.45, 7) is -0.737. The molecule has 1 aromatic rings. The van der Waals surface area contributed by atoms with E-state index in [0.29, 0.717) is 10.5 Å². The number of aromatic hydroxyl groups is 1. The van der Waals surface area contributed by atoms with Crippen LogP contribution in [0.1, 0.15) is 5.56 Å². The van der Waals surface area contributed by atoms with Gasteiger partial charge in [0.2, 0.25) is 0 Å². The lowest BCUT2D eigenvalue weighted by molar-refractivity contribution is -0.140. The Morgan fingerprint density at radius 3 is 2.38 bits per heavy atom. The van der Waals surface area contributed by atoms with Gasteiger partial charge in [-0.3, -0.25) is 9.59 Å². The Bertz CT molecular complexity index is 663. The van der Waals surface area contributed by atoms with Crippen molar-refractivity contribution in [3.63, 3.8) is 0 Å². The third-order valence-corrected chi connectivity index (χ3v) is 3.18. The molecule has 0 atom stereocenters. The molecule has 1 heterocycles. The third kappa shape index (κ3) is 3.09. The van der Waals surface area contributed by atoms with Gasteiger partial charge in [0.15, 0.2) is 5.75 Å². The number of nitrogens with zero attached hydrogens (tertiary/aromatic N) is 1. The van der Waals surface area contributed by atoms with E-state index in [2.05, 4.69) is 5.32 Å². The minimum Gasteiger partial charge on any atom is -0.505 e. The number of halogens is 2. The molecule has 110 valence electrons. The molecule has 1 fully saturated rings. The van der Waals surface area contributed by atoms with Crippen molar-refractivity contribution in [2.75, 3.05) is 6.54 Å². The molecule has 0 saturated carbocycles. The van der Waals surface area contributed by atoms with Gasteiger partial charge in [0, 0.05) is 0 Å². The number of benzene rings is 1. The van der Waals surface area contributed by atoms with Gasteiger partial charge in [0.1, 0.15) is 12.2 Å². The van der Waals surface area contributed by atoms with Crippen LogP contribution in [0.4, 0.5) is 4.79 Å². The van der Waals surface area contributed by atoms with Crippen LogP contribution in [0, 0.1) is 0 Å². The predicted octanol–water partition coefficient (Wildman–Crippen LogP) is 1.68. The number of rotatable bonds is 3. The molecular formula is C12H8Cl2N2O5. The number of carbonyl (C=O) groups excluding carboxylic acids is 2. The molecule has 1 aliphatic rings. The number of phenols is 1. The number of nitrogens with one attached hydrogen (secondary N) is 1. The van der Waals surface area contributed by atoms with E-state index in [0.717, 1.165) is 0 Å². The largest absolute Gasteiger partial charge is 0.505 e. The maximum absolute atomic E-state index is 11.9. The summed E-state index contributed by atoms with van der Waals surface area (Å²) in [6.07, 6.45) is 1.28. The lowest BCUT2D eigenvalue weighted by atomic mass is 10.2. The van der Waals surface area contributed by atoms with Gasteiger partial charge in [-0.25, -0.2) is 9.69 Å². The first kappa shape index (κ1) is 15.1. The zero-order valence-electron chi connectivity index (χ0n) is 10.3. The molecule has 9 heteroatoms. The smallest absolute Gasteiger partial charge is 0.329 e. The van der Waals surface area contributed by atoms with E-state index in [-0.39, 0.29) is 21.5 Å². The monoisotopic (exact) mass is 330 g/mol. The molecule has 1 aromatic carbocycles. The van der Waals surface area contributed by atoms with Crippen molar-refractivity contribution in [1.82, 2.24) is 10.2 Å². The van der Waals surface area contributed by atoms with Crippen molar-refractivity contribution >= 4 is 47.2 Å². The van der Waals surface area contributed by atoms with Gasteiger partial charge in [-0.1, -0.05) is 23.2 Å². The second-order valence-electron chi connectivity index (χ2n) is 4.11. The Morgan fingerprint density at radius 2 is 1.86 bits per heavy atom. The van der Waals surface area contributed by atoms with Crippen molar-refractivity contribution in [2.24, 2.45) is 0 Å². The first-order chi connectivity index (χ1) is 9.79. The van der Waals surface area contributed by atoms with E-state index in [4.69, 9.17) is 28.3 Å². The van der Waals surface area contributed by atoms with Gasteiger partial charge in [-0.15, -0.1) is 0 Å². The molecule has 7 nitrogen and oxygen atoms in total. The zero-order chi connectivity index (χ0) is 15.7. The second-order valence-corrected chi connectivity index (χ2v) is 4.92. The molecule has 0 unspecified atom stereocenters. The van der Waals surface area contributed by atoms with Crippen LogP contribution in [-0.2, 0) is 9.59 Å². The second kappa shape index (κ2) is 5.63. The van der Waals surface area contributed by atoms with E-state index in [9.17, 15) is 19.5 Å². The van der Waals surface area contributed by atoms with Crippen molar-refractivity contribution in [3.05, 3.63) is 33.4 Å². The molecule has 0 radical (unpaired) electrons. The molecule has 0 spiro atoms. The standard InChI is InChI=1S/C12H8Cl2N2O5/c13-6-1-5(2-7(14)10(6)19)3-8-11(20)16(4-9(17)18)12(21)15-8/h1-3,19H,4H2,(H,15,21)(H,17,18)/b8-3+. The van der Waals surface area contributed by atoms with Crippen molar-refractivity contribution < 1.29 is 24.6 Å². The maximum Gasteiger partial charge on any atom is 0.329 e. The summed E-state index contributed by atoms with van der Waals surface area (Å²) < 4.78 is 0. The highest BCUT2D eigenvalue weighted by Crippen LogP contribution is 2.33. The number of aliphatic carboxylic acids is 1. The highest BCUT2D eigenvalue weighted by atomic mass is 35.5. The first-order valence-electron chi connectivity index (χ1n) is 5.54. The molecule has 0 bridgehead atoms. The highest BCUT2D eigenvalue weighted by molar-refractivity contribution is 6.37. The third-order valence-electron chi connectivity index (χ3n) is 2.61. The molecule has 1 aliphatic heterocycles. The number of hydrogen-bond acceptors (Lipinski definition) is 4. The number of amides is 3. The van der Waals surface area contributed by atoms with Crippen LogP contribution in [0.3, 0.4) is 0 Å². The number of hydrogen-bond donors (Lipinski definition) is 3. The van der Waals surface area contributed by atoms with E-state index in [1.807, 2.05) is 0 Å². The van der Waals surface area contributed by atoms with Crippen molar-refractivity contribution in [2.45, 2.75) is 0 Å². The Hall–Kier alpha value is -2.25. The fourth-order valence-electron chi connectivity index (χ4n) is 1.69. The summed E-state index contributed by atoms with van der Waals surface area (Å²) in [5.41, 5.74) is 0.252. The van der Waals surface area contributed by atoms with Crippen LogP contribution in [0.2, 0.25) is 10.0 Å². The van der Waals surface area contributed by atoms with Crippen LogP contribution in [-0.4, -0.2) is 39.6 Å². The predicted molar refractivity (Wildman–Crippen MR) is 74.0 cm³/mol. The van der Waals surface area contributed by atoms with E-state index in [1.165, 1.54) is 18.2 Å². The summed E-state index contributed by atoms with van der Waals surface area (Å²) in [4.78, 5) is 34.5. The van der Waals surface area contributed by atoms with Gasteiger partial charge < -0.3 is 15.5 Å².